The molecule has 0 aromatic heterocycles. The molecule has 0 aliphatic heterocycles. The molecule has 5 rings (SSSR count). The topological polar surface area (TPSA) is 0 Å². The van der Waals surface area contributed by atoms with Gasteiger partial charge in [-0.1, -0.05) is 210 Å². The standard InChI is InChI=1S/C18H20.C15H16.4C2H6/c1-4-10-16(11-5-1)18(14-8-3-9-15-18)17-12-6-2-7-13-17;1-15(2,13-9-5-3-6-10-13)14-11-7-4-8-12-14;4*1-2/h1-2,4-7,10-13H,3,8-9,14-15H2;3-12H,1-2H3;4*1-2H3. The fourth-order valence-electron chi connectivity index (χ4n) is 5.29. The summed E-state index contributed by atoms with van der Waals surface area (Å²) in [4.78, 5) is 0. The van der Waals surface area contributed by atoms with E-state index in [9.17, 15) is 0 Å². The Labute approximate surface area is 255 Å². The molecular weight excluding hydrogens is 492 g/mol. The predicted molar refractivity (Wildman–Crippen MR) is 187 cm³/mol. The van der Waals surface area contributed by atoms with Gasteiger partial charge in [0.05, 0.1) is 0 Å². The average molecular weight is 553 g/mol. The van der Waals surface area contributed by atoms with Crippen molar-refractivity contribution in [2.75, 3.05) is 0 Å². The van der Waals surface area contributed by atoms with Crippen LogP contribution >= 0.6 is 0 Å². The van der Waals surface area contributed by atoms with Crippen molar-refractivity contribution in [2.24, 2.45) is 0 Å². The van der Waals surface area contributed by atoms with Crippen LogP contribution in [0.5, 0.6) is 0 Å². The van der Waals surface area contributed by atoms with Gasteiger partial charge in [-0.05, 0) is 35.1 Å². The largest absolute Gasteiger partial charge is 0.0683 e. The molecule has 1 saturated carbocycles. The maximum atomic E-state index is 2.30. The normalized spacial score (nSPS) is 12.8. The van der Waals surface area contributed by atoms with Crippen molar-refractivity contribution < 1.29 is 0 Å². The first-order valence-corrected chi connectivity index (χ1v) is 16.3. The van der Waals surface area contributed by atoms with Gasteiger partial charge in [0.15, 0.2) is 0 Å². The van der Waals surface area contributed by atoms with Crippen molar-refractivity contribution in [1.82, 2.24) is 0 Å². The fraction of sp³-hybridized carbons (Fsp3) is 0.415. The van der Waals surface area contributed by atoms with Crippen LogP contribution in [0.2, 0.25) is 0 Å². The highest BCUT2D eigenvalue weighted by molar-refractivity contribution is 5.40. The zero-order valence-electron chi connectivity index (χ0n) is 28.1. The fourth-order valence-corrected chi connectivity index (χ4v) is 5.29. The Morgan fingerprint density at radius 1 is 0.390 bits per heavy atom. The molecule has 224 valence electrons. The van der Waals surface area contributed by atoms with E-state index < -0.39 is 0 Å². The summed E-state index contributed by atoms with van der Waals surface area (Å²) < 4.78 is 0. The molecule has 0 atom stereocenters. The first-order valence-electron chi connectivity index (χ1n) is 16.3. The van der Waals surface area contributed by atoms with E-state index in [1.807, 2.05) is 55.4 Å². The minimum Gasteiger partial charge on any atom is -0.0683 e. The van der Waals surface area contributed by atoms with Crippen molar-refractivity contribution >= 4 is 0 Å². The summed E-state index contributed by atoms with van der Waals surface area (Å²) in [5.74, 6) is 0. The van der Waals surface area contributed by atoms with Gasteiger partial charge in [-0.3, -0.25) is 0 Å². The van der Waals surface area contributed by atoms with Gasteiger partial charge in [0.2, 0.25) is 0 Å². The Hall–Kier alpha value is -3.12. The van der Waals surface area contributed by atoms with Crippen LogP contribution in [0.4, 0.5) is 0 Å². The van der Waals surface area contributed by atoms with Crippen LogP contribution in [-0.4, -0.2) is 0 Å². The van der Waals surface area contributed by atoms with Crippen LogP contribution in [0.1, 0.15) is 124 Å². The van der Waals surface area contributed by atoms with Gasteiger partial charge in [0.1, 0.15) is 0 Å². The zero-order valence-corrected chi connectivity index (χ0v) is 28.1. The zero-order chi connectivity index (χ0) is 31.0. The summed E-state index contributed by atoms with van der Waals surface area (Å²) in [6.45, 7) is 20.5. The first-order chi connectivity index (χ1) is 20.1. The highest BCUT2D eigenvalue weighted by Crippen LogP contribution is 2.44. The molecule has 0 spiro atoms. The monoisotopic (exact) mass is 552 g/mol. The molecule has 1 fully saturated rings. The molecule has 0 heterocycles. The molecule has 1 aliphatic carbocycles. The number of hydrogen-bond acceptors (Lipinski definition) is 0. The maximum absolute atomic E-state index is 2.30. The van der Waals surface area contributed by atoms with Crippen molar-refractivity contribution in [3.8, 4) is 0 Å². The molecule has 0 unspecified atom stereocenters. The summed E-state index contributed by atoms with van der Waals surface area (Å²) in [7, 11) is 0. The maximum Gasteiger partial charge on any atom is 0.0202 e. The van der Waals surface area contributed by atoms with E-state index in [4.69, 9.17) is 0 Å². The van der Waals surface area contributed by atoms with E-state index in [-0.39, 0.29) is 10.8 Å². The van der Waals surface area contributed by atoms with Gasteiger partial charge in [0.25, 0.3) is 0 Å². The third kappa shape index (κ3) is 11.3. The van der Waals surface area contributed by atoms with E-state index in [0.717, 1.165) is 0 Å². The Kier molecular flexibility index (Phi) is 20.8. The van der Waals surface area contributed by atoms with Crippen molar-refractivity contribution in [1.29, 1.82) is 0 Å². The molecular formula is C41H60. The molecule has 1 aliphatic rings. The van der Waals surface area contributed by atoms with E-state index in [1.165, 1.54) is 54.4 Å². The second-order valence-electron chi connectivity index (χ2n) is 9.73. The molecule has 0 nitrogen and oxygen atoms in total. The quantitative estimate of drug-likeness (QED) is 0.236. The summed E-state index contributed by atoms with van der Waals surface area (Å²) in [5.41, 5.74) is 6.06. The van der Waals surface area contributed by atoms with Crippen molar-refractivity contribution in [3.05, 3.63) is 144 Å². The van der Waals surface area contributed by atoms with Gasteiger partial charge in [-0.2, -0.15) is 0 Å². The molecule has 0 bridgehead atoms. The van der Waals surface area contributed by atoms with Gasteiger partial charge in [0, 0.05) is 10.8 Å². The van der Waals surface area contributed by atoms with Gasteiger partial charge in [-0.25, -0.2) is 0 Å². The molecule has 0 saturated heterocycles. The summed E-state index contributed by atoms with van der Waals surface area (Å²) in [6.07, 6.45) is 6.68. The summed E-state index contributed by atoms with van der Waals surface area (Å²) in [5, 5.41) is 0. The highest BCUT2D eigenvalue weighted by Gasteiger charge is 2.35. The van der Waals surface area contributed by atoms with Crippen LogP contribution < -0.4 is 0 Å². The SMILES string of the molecule is CC.CC.CC.CC.CC(C)(c1ccccc1)c1ccccc1.c1ccc(C2(c3ccccc3)CCCCC2)cc1. The van der Waals surface area contributed by atoms with Crippen LogP contribution in [0, 0.1) is 0 Å². The van der Waals surface area contributed by atoms with E-state index >= 15 is 0 Å². The molecule has 4 aromatic rings. The lowest BCUT2D eigenvalue weighted by Crippen LogP contribution is -2.30. The minimum atomic E-state index is 0.0858. The molecule has 4 aromatic carbocycles. The third-order valence-electron chi connectivity index (χ3n) is 7.35. The van der Waals surface area contributed by atoms with Crippen LogP contribution in [-0.2, 0) is 10.8 Å². The lowest BCUT2D eigenvalue weighted by Gasteiger charge is -2.38. The van der Waals surface area contributed by atoms with Gasteiger partial charge < -0.3 is 0 Å². The smallest absolute Gasteiger partial charge is 0.0202 e. The molecule has 0 radical (unpaired) electrons. The van der Waals surface area contributed by atoms with E-state index in [0.29, 0.717) is 0 Å². The Balaban J connectivity index is 0.000000635. The van der Waals surface area contributed by atoms with Crippen LogP contribution in [0.25, 0.3) is 0 Å². The summed E-state index contributed by atoms with van der Waals surface area (Å²) >= 11 is 0. The minimum absolute atomic E-state index is 0.0858. The predicted octanol–water partition coefficient (Wildman–Crippen LogP) is 13.1. The van der Waals surface area contributed by atoms with E-state index in [1.54, 1.807) is 0 Å². The Morgan fingerprint density at radius 2 is 0.659 bits per heavy atom. The lowest BCUT2D eigenvalue weighted by molar-refractivity contribution is 0.346. The number of hydrogen-bond donors (Lipinski definition) is 0. The highest BCUT2D eigenvalue weighted by atomic mass is 14.4. The van der Waals surface area contributed by atoms with Crippen LogP contribution in [0.3, 0.4) is 0 Å². The number of rotatable bonds is 4. The second kappa shape index (κ2) is 22.6. The molecule has 0 N–H and O–H groups in total. The Morgan fingerprint density at radius 3 is 0.951 bits per heavy atom. The van der Waals surface area contributed by atoms with Crippen molar-refractivity contribution in [3.63, 3.8) is 0 Å². The average Bonchev–Trinajstić information content (AvgIpc) is 3.10. The third-order valence-corrected chi connectivity index (χ3v) is 7.35. The second-order valence-corrected chi connectivity index (χ2v) is 9.73. The molecule has 0 heteroatoms. The molecule has 0 amide bonds. The summed E-state index contributed by atoms with van der Waals surface area (Å²) in [6, 6.07) is 43.4. The van der Waals surface area contributed by atoms with Gasteiger partial charge >= 0.3 is 0 Å². The Bertz CT molecular complexity index is 991. The lowest BCUT2D eigenvalue weighted by atomic mass is 9.65. The first kappa shape index (κ1) is 37.9. The van der Waals surface area contributed by atoms with Crippen molar-refractivity contribution in [2.45, 2.75) is 112 Å². The van der Waals surface area contributed by atoms with E-state index in [2.05, 4.69) is 135 Å². The van der Waals surface area contributed by atoms with Gasteiger partial charge in [-0.15, -0.1) is 0 Å². The van der Waals surface area contributed by atoms with Crippen LogP contribution in [0.15, 0.2) is 121 Å². The number of benzene rings is 4. The molecule has 41 heavy (non-hydrogen) atoms.